The van der Waals surface area contributed by atoms with Crippen molar-refractivity contribution in [3.05, 3.63) is 0 Å². The lowest BCUT2D eigenvalue weighted by Gasteiger charge is -2.72. The topological polar surface area (TPSA) is 37.3 Å². The molecule has 10 atom stereocenters. The predicted octanol–water partition coefficient (Wildman–Crippen LogP) is 7.29. The number of hydrogen-bond donors (Lipinski definition) is 1. The number of Topliss-reactive ketones (excluding diaryl/α,β-unsaturated/α-hetero) is 1. The van der Waals surface area contributed by atoms with Gasteiger partial charge in [-0.25, -0.2) is 0 Å². The Hall–Kier alpha value is -0.370. The molecule has 0 unspecified atom stereocenters. The van der Waals surface area contributed by atoms with Gasteiger partial charge in [0.05, 0.1) is 0 Å². The van der Waals surface area contributed by atoms with Crippen molar-refractivity contribution in [3.8, 4) is 0 Å². The summed E-state index contributed by atoms with van der Waals surface area (Å²) in [5.41, 5.74) is 1.44. The molecule has 0 aromatic heterocycles. The number of carbonyl (C=O) groups excluding carboxylic acids is 1. The summed E-state index contributed by atoms with van der Waals surface area (Å²) in [7, 11) is 0. The average molecular weight is 443 g/mol. The quantitative estimate of drug-likeness (QED) is 0.487. The van der Waals surface area contributed by atoms with Gasteiger partial charge >= 0.3 is 0 Å². The number of aliphatic hydroxyl groups is 1. The number of hydrogen-bond acceptors (Lipinski definition) is 2. The summed E-state index contributed by atoms with van der Waals surface area (Å²) in [6, 6.07) is 0. The lowest BCUT2D eigenvalue weighted by Crippen LogP contribution is -2.66. The van der Waals surface area contributed by atoms with Crippen LogP contribution in [0.4, 0.5) is 0 Å². The fourth-order valence-corrected chi connectivity index (χ4v) is 11.6. The Morgan fingerprint density at radius 2 is 1.56 bits per heavy atom. The van der Waals surface area contributed by atoms with E-state index in [1.165, 1.54) is 51.4 Å². The Morgan fingerprint density at radius 1 is 0.844 bits per heavy atom. The normalized spacial score (nSPS) is 55.4. The summed E-state index contributed by atoms with van der Waals surface area (Å²) in [5, 5.41) is 10.1. The second kappa shape index (κ2) is 7.08. The molecule has 0 aromatic rings. The molecule has 0 amide bonds. The van der Waals surface area contributed by atoms with Crippen LogP contribution in [0.3, 0.4) is 0 Å². The monoisotopic (exact) mass is 442 g/mol. The van der Waals surface area contributed by atoms with E-state index in [4.69, 9.17) is 0 Å². The number of rotatable bonds is 2. The summed E-state index contributed by atoms with van der Waals surface area (Å²) in [4.78, 5) is 12.9. The first-order valence-electron chi connectivity index (χ1n) is 14.0. The molecule has 1 N–H and O–H groups in total. The zero-order valence-electron chi connectivity index (χ0n) is 22.1. The van der Waals surface area contributed by atoms with Crippen LogP contribution in [0.25, 0.3) is 0 Å². The minimum Gasteiger partial charge on any atom is -0.396 e. The van der Waals surface area contributed by atoms with E-state index in [0.29, 0.717) is 51.8 Å². The van der Waals surface area contributed by atoms with Gasteiger partial charge in [-0.15, -0.1) is 0 Å². The first-order valence-corrected chi connectivity index (χ1v) is 14.0. The molecule has 5 aliphatic rings. The fourth-order valence-electron chi connectivity index (χ4n) is 11.6. The molecule has 5 aliphatic carbocycles. The van der Waals surface area contributed by atoms with Gasteiger partial charge in [-0.2, -0.15) is 0 Å². The zero-order valence-corrected chi connectivity index (χ0v) is 22.1. The van der Waals surface area contributed by atoms with Gasteiger partial charge < -0.3 is 5.11 Å². The molecule has 0 spiro atoms. The summed E-state index contributed by atoms with van der Waals surface area (Å²) in [6.07, 6.45) is 12.7. The van der Waals surface area contributed by atoms with Crippen LogP contribution in [0.1, 0.15) is 113 Å². The van der Waals surface area contributed by atoms with E-state index in [0.717, 1.165) is 30.6 Å². The van der Waals surface area contributed by atoms with Gasteiger partial charge in [-0.1, -0.05) is 48.5 Å². The van der Waals surface area contributed by atoms with E-state index in [2.05, 4.69) is 48.5 Å². The number of aliphatic hydroxyl groups excluding tert-OH is 1. The molecule has 182 valence electrons. The van der Waals surface area contributed by atoms with Crippen LogP contribution in [0.2, 0.25) is 0 Å². The number of ketones is 1. The van der Waals surface area contributed by atoms with Crippen molar-refractivity contribution in [1.29, 1.82) is 0 Å². The van der Waals surface area contributed by atoms with Crippen molar-refractivity contribution in [2.45, 2.75) is 113 Å². The van der Waals surface area contributed by atoms with E-state index in [1.54, 1.807) is 0 Å². The summed E-state index contributed by atoms with van der Waals surface area (Å²) < 4.78 is 0. The Kier molecular flexibility index (Phi) is 5.17. The lowest BCUT2D eigenvalue weighted by atomic mass is 9.32. The molecule has 32 heavy (non-hydrogen) atoms. The molecule has 5 fully saturated rings. The van der Waals surface area contributed by atoms with Gasteiger partial charge in [0, 0.05) is 18.4 Å². The smallest absolute Gasteiger partial charge is 0.138 e. The molecule has 2 nitrogen and oxygen atoms in total. The largest absolute Gasteiger partial charge is 0.396 e. The van der Waals surface area contributed by atoms with Crippen LogP contribution < -0.4 is 0 Å². The molecule has 0 aliphatic heterocycles. The van der Waals surface area contributed by atoms with Crippen LogP contribution in [0.5, 0.6) is 0 Å². The highest BCUT2D eigenvalue weighted by Gasteiger charge is 2.70. The third-order valence-electron chi connectivity index (χ3n) is 13.7. The van der Waals surface area contributed by atoms with Crippen molar-refractivity contribution in [2.75, 3.05) is 6.61 Å². The molecule has 2 heteroatoms. The summed E-state index contributed by atoms with van der Waals surface area (Å²) >= 11 is 0. The predicted molar refractivity (Wildman–Crippen MR) is 131 cm³/mol. The van der Waals surface area contributed by atoms with Crippen LogP contribution in [0, 0.1) is 62.6 Å². The number of fused-ring (bicyclic) bond motifs is 7. The van der Waals surface area contributed by atoms with Crippen molar-refractivity contribution in [3.63, 3.8) is 0 Å². The maximum Gasteiger partial charge on any atom is 0.138 e. The molecule has 5 saturated carbocycles. The highest BCUT2D eigenvalue weighted by molar-refractivity contribution is 5.85. The highest BCUT2D eigenvalue weighted by atomic mass is 16.3. The first kappa shape index (κ1) is 23.4. The van der Waals surface area contributed by atoms with Gasteiger partial charge in [0.25, 0.3) is 0 Å². The van der Waals surface area contributed by atoms with Gasteiger partial charge in [0.1, 0.15) is 5.78 Å². The van der Waals surface area contributed by atoms with Crippen LogP contribution in [0.15, 0.2) is 0 Å². The van der Waals surface area contributed by atoms with Gasteiger partial charge in [-0.3, -0.25) is 4.79 Å². The third kappa shape index (κ3) is 2.71. The highest BCUT2D eigenvalue weighted by Crippen LogP contribution is 2.77. The van der Waals surface area contributed by atoms with Crippen molar-refractivity contribution < 1.29 is 9.90 Å². The molecule has 0 radical (unpaired) electrons. The van der Waals surface area contributed by atoms with E-state index in [9.17, 15) is 9.90 Å². The van der Waals surface area contributed by atoms with E-state index < -0.39 is 0 Å². The Morgan fingerprint density at radius 3 is 2.25 bits per heavy atom. The maximum atomic E-state index is 12.9. The molecule has 0 bridgehead atoms. The molecule has 0 saturated heterocycles. The zero-order chi connectivity index (χ0) is 23.3. The van der Waals surface area contributed by atoms with Gasteiger partial charge in [-0.05, 0) is 115 Å². The number of carbonyl (C=O) groups is 1. The van der Waals surface area contributed by atoms with Crippen LogP contribution in [-0.2, 0) is 4.79 Å². The van der Waals surface area contributed by atoms with Gasteiger partial charge in [0.2, 0.25) is 0 Å². The third-order valence-corrected chi connectivity index (χ3v) is 13.7. The molecular formula is C30H50O2. The minimum atomic E-state index is -0.148. The van der Waals surface area contributed by atoms with E-state index >= 15 is 0 Å². The molecule has 0 heterocycles. The second-order valence-corrected chi connectivity index (χ2v) is 14.9. The van der Waals surface area contributed by atoms with Crippen LogP contribution in [-0.4, -0.2) is 17.5 Å². The first-order chi connectivity index (χ1) is 14.8. The molecule has 0 aromatic carbocycles. The van der Waals surface area contributed by atoms with Gasteiger partial charge in [0.15, 0.2) is 0 Å². The van der Waals surface area contributed by atoms with Crippen molar-refractivity contribution >= 4 is 5.78 Å². The molecule has 5 rings (SSSR count). The Bertz CT molecular complexity index is 786. The maximum absolute atomic E-state index is 12.9. The minimum absolute atomic E-state index is 0.148. The Balaban J connectivity index is 1.53. The average Bonchev–Trinajstić information content (AvgIpc) is 3.09. The van der Waals surface area contributed by atoms with Crippen molar-refractivity contribution in [1.82, 2.24) is 0 Å². The van der Waals surface area contributed by atoms with Crippen molar-refractivity contribution in [2.24, 2.45) is 62.6 Å². The Labute approximate surface area is 197 Å². The second-order valence-electron chi connectivity index (χ2n) is 14.9. The lowest BCUT2D eigenvalue weighted by molar-refractivity contribution is -0.234. The standard InChI is InChI=1S/C30H50O2/c1-19(18-31)20-10-13-27(4)16-17-29(6)21(25(20)27)8-9-23-28(5)14-12-24(32)26(2,3)22(28)11-15-30(23,29)7/h19-23,25,31H,8-18H2,1-7H3/t19-,20-,21+,22-,23+,25+,27+,28-,29+,30+/m0/s1. The summed E-state index contributed by atoms with van der Waals surface area (Å²) in [5.74, 6) is 4.56. The van der Waals surface area contributed by atoms with Crippen LogP contribution >= 0.6 is 0 Å². The fraction of sp³-hybridized carbons (Fsp3) is 0.967. The summed E-state index contributed by atoms with van der Waals surface area (Å²) in [6.45, 7) is 17.8. The molecular weight excluding hydrogens is 392 g/mol. The van der Waals surface area contributed by atoms with E-state index in [1.807, 2.05) is 0 Å². The SMILES string of the molecule is C[C@@H](CO)[C@@H]1CC[C@]2(C)CC[C@]3(C)[C@H](CC[C@@H]4[C@@]5(C)CCC(=O)C(C)(C)[C@@H]5CC[C@]43C)[C@@H]12. The van der Waals surface area contributed by atoms with E-state index in [-0.39, 0.29) is 5.41 Å².